The fraction of sp³-hybridized carbons (Fsp3) is 0.167. The summed E-state index contributed by atoms with van der Waals surface area (Å²) in [5, 5.41) is 13.1. The van der Waals surface area contributed by atoms with Crippen molar-refractivity contribution >= 4 is 5.65 Å². The molecule has 0 aliphatic heterocycles. The van der Waals surface area contributed by atoms with Gasteiger partial charge in [-0.15, -0.1) is 0 Å². The first-order valence-corrected chi connectivity index (χ1v) is 3.13. The zero-order chi connectivity index (χ0) is 7.84. The van der Waals surface area contributed by atoms with Crippen molar-refractivity contribution in [1.82, 2.24) is 19.6 Å². The Morgan fingerprint density at radius 1 is 1.55 bits per heavy atom. The highest BCUT2D eigenvalue weighted by Gasteiger charge is 2.02. The van der Waals surface area contributed by atoms with Gasteiger partial charge in [-0.1, -0.05) is 0 Å². The standard InChI is InChI=1S/C6H6N4O/c1-4-2-10-5(6(11)9-4)7-3-8-10/h2-3H,1H3,(H,9,11). The van der Waals surface area contributed by atoms with Gasteiger partial charge in [0.1, 0.15) is 6.33 Å². The number of nitrogens with zero attached hydrogens (tertiary/aromatic N) is 4. The molecule has 56 valence electrons. The first kappa shape index (κ1) is 6.09. The molecule has 0 saturated carbocycles. The van der Waals surface area contributed by atoms with E-state index in [-0.39, 0.29) is 5.88 Å². The molecular weight excluding hydrogens is 144 g/mol. The van der Waals surface area contributed by atoms with E-state index in [9.17, 15) is 5.11 Å². The third-order valence-corrected chi connectivity index (χ3v) is 1.36. The van der Waals surface area contributed by atoms with Crippen LogP contribution in [0.4, 0.5) is 0 Å². The highest BCUT2D eigenvalue weighted by Crippen LogP contribution is 2.11. The molecule has 0 spiro atoms. The third-order valence-electron chi connectivity index (χ3n) is 1.36. The summed E-state index contributed by atoms with van der Waals surface area (Å²) in [6.45, 7) is 1.78. The second-order valence-corrected chi connectivity index (χ2v) is 2.23. The van der Waals surface area contributed by atoms with Gasteiger partial charge in [0.05, 0.1) is 11.9 Å². The van der Waals surface area contributed by atoms with Crippen molar-refractivity contribution in [3.05, 3.63) is 18.2 Å². The summed E-state index contributed by atoms with van der Waals surface area (Å²) in [5.41, 5.74) is 1.09. The summed E-state index contributed by atoms with van der Waals surface area (Å²) in [5.74, 6) is -0.0810. The van der Waals surface area contributed by atoms with Gasteiger partial charge < -0.3 is 5.11 Å². The van der Waals surface area contributed by atoms with Crippen LogP contribution in [0.5, 0.6) is 5.88 Å². The molecule has 0 fully saturated rings. The van der Waals surface area contributed by atoms with Gasteiger partial charge in [0.2, 0.25) is 5.65 Å². The summed E-state index contributed by atoms with van der Waals surface area (Å²) in [7, 11) is 0. The van der Waals surface area contributed by atoms with Crippen LogP contribution < -0.4 is 0 Å². The summed E-state index contributed by atoms with van der Waals surface area (Å²) in [6, 6.07) is 0. The van der Waals surface area contributed by atoms with Gasteiger partial charge in [0, 0.05) is 0 Å². The quantitative estimate of drug-likeness (QED) is 0.580. The smallest absolute Gasteiger partial charge is 0.257 e. The van der Waals surface area contributed by atoms with Crippen LogP contribution in [0.1, 0.15) is 5.69 Å². The average Bonchev–Trinajstić information content (AvgIpc) is 2.34. The molecule has 0 aliphatic rings. The monoisotopic (exact) mass is 150 g/mol. The highest BCUT2D eigenvalue weighted by molar-refractivity contribution is 5.46. The van der Waals surface area contributed by atoms with Gasteiger partial charge in [-0.3, -0.25) is 0 Å². The molecular formula is C6H6N4O. The van der Waals surface area contributed by atoms with Crippen LogP contribution in [-0.2, 0) is 0 Å². The molecule has 0 saturated heterocycles. The molecule has 2 heterocycles. The zero-order valence-corrected chi connectivity index (χ0v) is 5.89. The molecule has 0 atom stereocenters. The first-order chi connectivity index (χ1) is 5.27. The molecule has 5 nitrogen and oxygen atoms in total. The highest BCUT2D eigenvalue weighted by atomic mass is 16.3. The Hall–Kier alpha value is -1.65. The Bertz CT molecular complexity index is 394. The molecule has 0 aliphatic carbocycles. The largest absolute Gasteiger partial charge is 0.491 e. The van der Waals surface area contributed by atoms with E-state index in [1.807, 2.05) is 0 Å². The molecule has 0 unspecified atom stereocenters. The van der Waals surface area contributed by atoms with Crippen LogP contribution >= 0.6 is 0 Å². The van der Waals surface area contributed by atoms with E-state index in [2.05, 4.69) is 15.1 Å². The van der Waals surface area contributed by atoms with Crippen LogP contribution in [0.2, 0.25) is 0 Å². The number of hydrogen-bond acceptors (Lipinski definition) is 4. The molecule has 11 heavy (non-hydrogen) atoms. The Morgan fingerprint density at radius 2 is 2.36 bits per heavy atom. The lowest BCUT2D eigenvalue weighted by Gasteiger charge is -1.95. The first-order valence-electron chi connectivity index (χ1n) is 3.13. The number of rotatable bonds is 0. The van der Waals surface area contributed by atoms with Gasteiger partial charge >= 0.3 is 0 Å². The predicted molar refractivity (Wildman–Crippen MR) is 37.2 cm³/mol. The minimum absolute atomic E-state index is 0.0810. The fourth-order valence-corrected chi connectivity index (χ4v) is 0.928. The van der Waals surface area contributed by atoms with Gasteiger partial charge in [-0.2, -0.15) is 5.10 Å². The fourth-order valence-electron chi connectivity index (χ4n) is 0.928. The van der Waals surface area contributed by atoms with E-state index in [4.69, 9.17) is 0 Å². The van der Waals surface area contributed by atoms with Crippen molar-refractivity contribution in [1.29, 1.82) is 0 Å². The van der Waals surface area contributed by atoms with Crippen molar-refractivity contribution in [3.8, 4) is 5.88 Å². The lowest BCUT2D eigenvalue weighted by atomic mass is 10.5. The normalized spacial score (nSPS) is 10.6. The van der Waals surface area contributed by atoms with E-state index in [0.29, 0.717) is 11.3 Å². The van der Waals surface area contributed by atoms with Crippen molar-refractivity contribution in [2.24, 2.45) is 0 Å². The second-order valence-electron chi connectivity index (χ2n) is 2.23. The molecule has 0 radical (unpaired) electrons. The van der Waals surface area contributed by atoms with E-state index in [1.54, 1.807) is 13.1 Å². The van der Waals surface area contributed by atoms with E-state index in [1.165, 1.54) is 10.8 Å². The van der Waals surface area contributed by atoms with Crippen molar-refractivity contribution in [2.45, 2.75) is 6.92 Å². The predicted octanol–water partition coefficient (Wildman–Crippen LogP) is 0.138. The van der Waals surface area contributed by atoms with Gasteiger partial charge in [-0.25, -0.2) is 14.5 Å². The lowest BCUT2D eigenvalue weighted by molar-refractivity contribution is 0.453. The Morgan fingerprint density at radius 3 is 3.18 bits per heavy atom. The average molecular weight is 150 g/mol. The molecule has 5 heteroatoms. The summed E-state index contributed by atoms with van der Waals surface area (Å²) < 4.78 is 1.48. The molecule has 2 aromatic rings. The van der Waals surface area contributed by atoms with E-state index in [0.717, 1.165) is 0 Å². The molecule has 0 bridgehead atoms. The van der Waals surface area contributed by atoms with Crippen LogP contribution in [0.25, 0.3) is 5.65 Å². The number of fused-ring (bicyclic) bond motifs is 1. The molecule has 0 aromatic carbocycles. The minimum atomic E-state index is -0.0810. The lowest BCUT2D eigenvalue weighted by Crippen LogP contribution is -1.92. The summed E-state index contributed by atoms with van der Waals surface area (Å²) in [4.78, 5) is 7.60. The van der Waals surface area contributed by atoms with Crippen molar-refractivity contribution in [3.63, 3.8) is 0 Å². The van der Waals surface area contributed by atoms with E-state index < -0.39 is 0 Å². The Labute approximate surface area is 62.3 Å². The van der Waals surface area contributed by atoms with Gasteiger partial charge in [0.15, 0.2) is 0 Å². The van der Waals surface area contributed by atoms with Crippen molar-refractivity contribution < 1.29 is 5.11 Å². The maximum absolute atomic E-state index is 9.21. The van der Waals surface area contributed by atoms with Crippen LogP contribution in [0.15, 0.2) is 12.5 Å². The SMILES string of the molecule is Cc1cn2ncnc2c(O)n1. The van der Waals surface area contributed by atoms with Crippen LogP contribution in [-0.4, -0.2) is 24.7 Å². The molecule has 1 N–H and O–H groups in total. The maximum Gasteiger partial charge on any atom is 0.257 e. The molecule has 0 amide bonds. The number of aromatic nitrogens is 4. The topological polar surface area (TPSA) is 63.3 Å². The number of hydrogen-bond donors (Lipinski definition) is 1. The van der Waals surface area contributed by atoms with Crippen LogP contribution in [0.3, 0.4) is 0 Å². The molecule has 2 aromatic heterocycles. The van der Waals surface area contributed by atoms with Crippen LogP contribution in [0, 0.1) is 6.92 Å². The van der Waals surface area contributed by atoms with E-state index >= 15 is 0 Å². The second kappa shape index (κ2) is 1.91. The number of aromatic hydroxyl groups is 1. The summed E-state index contributed by atoms with van der Waals surface area (Å²) in [6.07, 6.45) is 3.07. The Kier molecular flexibility index (Phi) is 1.06. The summed E-state index contributed by atoms with van der Waals surface area (Å²) >= 11 is 0. The van der Waals surface area contributed by atoms with Crippen molar-refractivity contribution in [2.75, 3.05) is 0 Å². The minimum Gasteiger partial charge on any atom is -0.491 e. The van der Waals surface area contributed by atoms with Gasteiger partial charge in [-0.05, 0) is 6.92 Å². The molecule has 2 rings (SSSR count). The van der Waals surface area contributed by atoms with Gasteiger partial charge in [0.25, 0.3) is 5.88 Å². The zero-order valence-electron chi connectivity index (χ0n) is 5.89. The number of aryl methyl sites for hydroxylation is 1. The Balaban J connectivity index is 2.91. The maximum atomic E-state index is 9.21. The third kappa shape index (κ3) is 0.813.